The van der Waals surface area contributed by atoms with Gasteiger partial charge in [0.05, 0.1) is 12.1 Å². The molecule has 2 saturated heterocycles. The zero-order chi connectivity index (χ0) is 15.2. The number of hydrogen-bond acceptors (Lipinski definition) is 4. The molecule has 5 nitrogen and oxygen atoms in total. The van der Waals surface area contributed by atoms with Crippen LogP contribution in [0.15, 0.2) is 36.5 Å². The molecule has 0 aliphatic carbocycles. The Balaban J connectivity index is 1.54. The number of ether oxygens (including phenoxy) is 1. The molecule has 2 fully saturated rings. The number of amides is 1. The lowest BCUT2D eigenvalue weighted by atomic mass is 10.0. The summed E-state index contributed by atoms with van der Waals surface area (Å²) < 4.78 is 5.61. The molecule has 0 unspecified atom stereocenters. The molecule has 3 heterocycles. The summed E-state index contributed by atoms with van der Waals surface area (Å²) in [6.45, 7) is 3.32. The van der Waals surface area contributed by atoms with Crippen LogP contribution in [0.3, 0.4) is 0 Å². The van der Waals surface area contributed by atoms with Crippen molar-refractivity contribution in [3.8, 4) is 0 Å². The molecule has 1 aromatic heterocycles. The minimum atomic E-state index is -0.311. The minimum absolute atomic E-state index is 0.198. The van der Waals surface area contributed by atoms with Gasteiger partial charge in [0.1, 0.15) is 5.60 Å². The van der Waals surface area contributed by atoms with Crippen LogP contribution in [0.5, 0.6) is 0 Å². The average molecular weight is 297 g/mol. The Labute approximate surface area is 129 Å². The van der Waals surface area contributed by atoms with Gasteiger partial charge in [-0.2, -0.15) is 0 Å². The number of fused-ring (bicyclic) bond motifs is 1. The number of pyridine rings is 1. The van der Waals surface area contributed by atoms with Crippen LogP contribution in [0.2, 0.25) is 0 Å². The average Bonchev–Trinajstić information content (AvgIpc) is 3.02. The molecule has 5 heteroatoms. The Morgan fingerprint density at radius 3 is 2.95 bits per heavy atom. The lowest BCUT2D eigenvalue weighted by molar-refractivity contribution is 0.0628. The molecular formula is C17H19N3O2. The van der Waals surface area contributed by atoms with E-state index in [1.807, 2.05) is 24.4 Å². The van der Waals surface area contributed by atoms with Crippen LogP contribution in [0.4, 0.5) is 4.79 Å². The van der Waals surface area contributed by atoms with Crippen LogP contribution >= 0.6 is 0 Å². The lowest BCUT2D eigenvalue weighted by Gasteiger charge is -2.22. The van der Waals surface area contributed by atoms with E-state index in [1.165, 1.54) is 10.9 Å². The third kappa shape index (κ3) is 2.22. The molecular weight excluding hydrogens is 278 g/mol. The Morgan fingerprint density at radius 2 is 2.14 bits per heavy atom. The summed E-state index contributed by atoms with van der Waals surface area (Å²) in [4.78, 5) is 20.1. The Kier molecular flexibility index (Phi) is 3.04. The van der Waals surface area contributed by atoms with Crippen molar-refractivity contribution < 1.29 is 9.53 Å². The first-order valence-corrected chi connectivity index (χ1v) is 7.64. The molecule has 0 N–H and O–H groups in total. The maximum atomic E-state index is 11.7. The summed E-state index contributed by atoms with van der Waals surface area (Å²) in [5.74, 6) is 0. The molecule has 0 radical (unpaired) electrons. The van der Waals surface area contributed by atoms with Crippen LogP contribution in [-0.2, 0) is 11.3 Å². The Bertz CT molecular complexity index is 727. The highest BCUT2D eigenvalue weighted by atomic mass is 16.6. The highest BCUT2D eigenvalue weighted by Crippen LogP contribution is 2.33. The first-order valence-electron chi connectivity index (χ1n) is 7.64. The lowest BCUT2D eigenvalue weighted by Crippen LogP contribution is -2.37. The van der Waals surface area contributed by atoms with E-state index in [0.717, 1.165) is 31.6 Å². The maximum absolute atomic E-state index is 11.7. The molecule has 0 bridgehead atoms. The van der Waals surface area contributed by atoms with Crippen LogP contribution in [0.25, 0.3) is 10.9 Å². The molecule has 1 spiro atoms. The summed E-state index contributed by atoms with van der Waals surface area (Å²) in [5.41, 5.74) is 2.00. The quantitative estimate of drug-likeness (QED) is 0.853. The summed E-state index contributed by atoms with van der Waals surface area (Å²) in [5, 5.41) is 1.20. The molecule has 2 aliphatic rings. The molecule has 1 aromatic carbocycles. The van der Waals surface area contributed by atoms with Gasteiger partial charge in [0.25, 0.3) is 0 Å². The van der Waals surface area contributed by atoms with E-state index in [-0.39, 0.29) is 11.7 Å². The molecule has 2 aliphatic heterocycles. The first kappa shape index (κ1) is 13.5. The van der Waals surface area contributed by atoms with Crippen molar-refractivity contribution in [1.29, 1.82) is 0 Å². The van der Waals surface area contributed by atoms with Crippen molar-refractivity contribution in [2.24, 2.45) is 0 Å². The summed E-state index contributed by atoms with van der Waals surface area (Å²) in [6.07, 6.45) is 2.58. The van der Waals surface area contributed by atoms with Crippen LogP contribution in [-0.4, -0.2) is 53.2 Å². The van der Waals surface area contributed by atoms with E-state index in [0.29, 0.717) is 6.54 Å². The topological polar surface area (TPSA) is 45.7 Å². The van der Waals surface area contributed by atoms with Crippen LogP contribution < -0.4 is 0 Å². The van der Waals surface area contributed by atoms with Crippen molar-refractivity contribution >= 4 is 17.0 Å². The smallest absolute Gasteiger partial charge is 0.410 e. The minimum Gasteiger partial charge on any atom is -0.439 e. The second-order valence-corrected chi connectivity index (χ2v) is 6.35. The standard InChI is InChI=1S/C17H19N3O2/c1-19-11-17(22-16(19)21)7-9-20(12-17)10-13-6-8-18-15-5-3-2-4-14(13)15/h2-6,8H,7,9-12H2,1H3/t17-/m0/s1. The first-order chi connectivity index (χ1) is 10.7. The fourth-order valence-corrected chi connectivity index (χ4v) is 3.60. The van der Waals surface area contributed by atoms with Gasteiger partial charge in [-0.15, -0.1) is 0 Å². The van der Waals surface area contributed by atoms with E-state index in [2.05, 4.69) is 22.0 Å². The van der Waals surface area contributed by atoms with E-state index in [4.69, 9.17) is 4.74 Å². The number of nitrogens with zero attached hydrogens (tertiary/aromatic N) is 3. The van der Waals surface area contributed by atoms with Crippen molar-refractivity contribution in [2.75, 3.05) is 26.7 Å². The zero-order valence-electron chi connectivity index (χ0n) is 12.7. The summed E-state index contributed by atoms with van der Waals surface area (Å²) in [6, 6.07) is 10.3. The van der Waals surface area contributed by atoms with E-state index in [1.54, 1.807) is 11.9 Å². The van der Waals surface area contributed by atoms with Gasteiger partial charge in [-0.1, -0.05) is 18.2 Å². The molecule has 1 atom stereocenters. The van der Waals surface area contributed by atoms with E-state index in [9.17, 15) is 4.79 Å². The highest BCUT2D eigenvalue weighted by molar-refractivity contribution is 5.81. The number of rotatable bonds is 2. The number of likely N-dealkylation sites (tertiary alicyclic amines) is 1. The predicted octanol–water partition coefficient (Wildman–Crippen LogP) is 2.26. The monoisotopic (exact) mass is 297 g/mol. The predicted molar refractivity (Wildman–Crippen MR) is 83.5 cm³/mol. The second-order valence-electron chi connectivity index (χ2n) is 6.35. The van der Waals surface area contributed by atoms with Gasteiger partial charge in [-0.3, -0.25) is 9.88 Å². The van der Waals surface area contributed by atoms with Crippen molar-refractivity contribution in [1.82, 2.24) is 14.8 Å². The van der Waals surface area contributed by atoms with Gasteiger partial charge in [-0.05, 0) is 17.7 Å². The van der Waals surface area contributed by atoms with Crippen LogP contribution in [0.1, 0.15) is 12.0 Å². The number of carbonyl (C=O) groups excluding carboxylic acids is 1. The third-order valence-electron chi connectivity index (χ3n) is 4.67. The number of carbonyl (C=O) groups is 1. The SMILES string of the molecule is CN1C[C@]2(CCN(Cc3ccnc4ccccc34)C2)OC1=O. The van der Waals surface area contributed by atoms with Gasteiger partial charge >= 0.3 is 6.09 Å². The number of hydrogen-bond donors (Lipinski definition) is 0. The largest absolute Gasteiger partial charge is 0.439 e. The molecule has 4 rings (SSSR count). The van der Waals surface area contributed by atoms with Crippen LogP contribution in [0, 0.1) is 0 Å². The normalized spacial score (nSPS) is 25.3. The van der Waals surface area contributed by atoms with E-state index < -0.39 is 0 Å². The number of benzene rings is 1. The Morgan fingerprint density at radius 1 is 1.27 bits per heavy atom. The van der Waals surface area contributed by atoms with E-state index >= 15 is 0 Å². The molecule has 22 heavy (non-hydrogen) atoms. The molecule has 0 saturated carbocycles. The maximum Gasteiger partial charge on any atom is 0.410 e. The Hall–Kier alpha value is -2.14. The van der Waals surface area contributed by atoms with Gasteiger partial charge < -0.3 is 9.64 Å². The fourth-order valence-electron chi connectivity index (χ4n) is 3.60. The molecule has 1 amide bonds. The number of likely N-dealkylation sites (N-methyl/N-ethyl adjacent to an activating group) is 1. The highest BCUT2D eigenvalue weighted by Gasteiger charge is 2.48. The molecule has 114 valence electrons. The van der Waals surface area contributed by atoms with Crippen molar-refractivity contribution in [3.05, 3.63) is 42.1 Å². The second kappa shape index (κ2) is 4.95. The van der Waals surface area contributed by atoms with Gasteiger partial charge in [-0.25, -0.2) is 4.79 Å². The summed E-state index contributed by atoms with van der Waals surface area (Å²) >= 11 is 0. The number of para-hydroxylation sites is 1. The molecule has 2 aromatic rings. The van der Waals surface area contributed by atoms with Gasteiger partial charge in [0, 0.05) is 44.7 Å². The zero-order valence-corrected chi connectivity index (χ0v) is 12.7. The summed E-state index contributed by atoms with van der Waals surface area (Å²) in [7, 11) is 1.80. The third-order valence-corrected chi connectivity index (χ3v) is 4.67. The van der Waals surface area contributed by atoms with Gasteiger partial charge in [0.15, 0.2) is 0 Å². The van der Waals surface area contributed by atoms with Crippen molar-refractivity contribution in [3.63, 3.8) is 0 Å². The number of aromatic nitrogens is 1. The van der Waals surface area contributed by atoms with Gasteiger partial charge in [0.2, 0.25) is 0 Å². The van der Waals surface area contributed by atoms with Crippen molar-refractivity contribution in [2.45, 2.75) is 18.6 Å². The fraction of sp³-hybridized carbons (Fsp3) is 0.412.